The second kappa shape index (κ2) is 6.74. The number of hydrogen-bond acceptors (Lipinski definition) is 5. The van der Waals surface area contributed by atoms with Crippen molar-refractivity contribution in [1.82, 2.24) is 4.90 Å². The molecule has 2 spiro atoms. The molecular formula is C29H37NO4. The van der Waals surface area contributed by atoms with E-state index in [0.29, 0.717) is 23.4 Å². The van der Waals surface area contributed by atoms with E-state index in [-0.39, 0.29) is 46.3 Å². The highest BCUT2D eigenvalue weighted by molar-refractivity contribution is 5.89. The van der Waals surface area contributed by atoms with E-state index in [1.807, 2.05) is 18.2 Å². The van der Waals surface area contributed by atoms with Crippen LogP contribution in [0.15, 0.2) is 42.5 Å². The second-order valence-electron chi connectivity index (χ2n) is 12.6. The van der Waals surface area contributed by atoms with Crippen molar-refractivity contribution in [2.45, 2.75) is 70.3 Å². The minimum Gasteiger partial charge on any atom is -0.458 e. The molecule has 1 aromatic carbocycles. The molecule has 1 heterocycles. The summed E-state index contributed by atoms with van der Waals surface area (Å²) >= 11 is 0. The predicted octanol–water partition coefficient (Wildman–Crippen LogP) is 3.66. The number of ether oxygens (including phenoxy) is 1. The fraction of sp³-hybridized carbons (Fsp3) is 0.690. The van der Waals surface area contributed by atoms with Gasteiger partial charge >= 0.3 is 5.97 Å². The zero-order chi connectivity index (χ0) is 23.6. The van der Waals surface area contributed by atoms with Crippen molar-refractivity contribution in [2.75, 3.05) is 13.1 Å². The van der Waals surface area contributed by atoms with Crippen LogP contribution in [0.25, 0.3) is 0 Å². The zero-order valence-corrected chi connectivity index (χ0v) is 20.3. The maximum Gasteiger partial charge on any atom is 0.338 e. The highest BCUT2D eigenvalue weighted by atomic mass is 16.5. The van der Waals surface area contributed by atoms with Crippen LogP contribution in [-0.2, 0) is 4.74 Å². The summed E-state index contributed by atoms with van der Waals surface area (Å²) in [5.41, 5.74) is 1.16. The van der Waals surface area contributed by atoms with Gasteiger partial charge in [0.15, 0.2) is 0 Å². The quantitative estimate of drug-likeness (QED) is 0.529. The average Bonchev–Trinajstić information content (AvgIpc) is 3.36. The summed E-state index contributed by atoms with van der Waals surface area (Å²) in [5, 5.41) is 23.6. The first-order valence-corrected chi connectivity index (χ1v) is 13.3. The number of esters is 1. The first-order chi connectivity index (χ1) is 16.3. The van der Waals surface area contributed by atoms with E-state index in [0.717, 1.165) is 50.8 Å². The van der Waals surface area contributed by atoms with E-state index >= 15 is 0 Å². The Morgan fingerprint density at radius 3 is 2.71 bits per heavy atom. The third kappa shape index (κ3) is 2.22. The Bertz CT molecular complexity index is 1060. The highest BCUT2D eigenvalue weighted by Crippen LogP contribution is 2.83. The fourth-order valence-corrected chi connectivity index (χ4v) is 10.9. The molecule has 7 rings (SSSR count). The van der Waals surface area contributed by atoms with Crippen molar-refractivity contribution >= 4 is 5.97 Å². The SMILES string of the molecule is C=C1[C@H]2C[C@@]3([C@@H]1O)[C@@H](C[C@@H]2OC(=O)c1ccccc1)[C@@]12C4[C@@H]3C[C@@H]1[C@@](C)(CC[C@@H]2O)CN4CC. The molecule has 6 fully saturated rings. The van der Waals surface area contributed by atoms with Crippen molar-refractivity contribution in [1.29, 1.82) is 0 Å². The summed E-state index contributed by atoms with van der Waals surface area (Å²) in [6.45, 7) is 11.1. The zero-order valence-electron chi connectivity index (χ0n) is 20.3. The number of likely N-dealkylation sites (tertiary alicyclic amines) is 1. The van der Waals surface area contributed by atoms with E-state index in [2.05, 4.69) is 25.3 Å². The normalized spacial score (nSPS) is 52.5. The van der Waals surface area contributed by atoms with Gasteiger partial charge in [0.2, 0.25) is 0 Å². The highest BCUT2D eigenvalue weighted by Gasteiger charge is 2.85. The number of hydrogen-bond donors (Lipinski definition) is 2. The Labute approximate surface area is 202 Å². The Morgan fingerprint density at radius 1 is 1.21 bits per heavy atom. The van der Waals surface area contributed by atoms with E-state index in [1.54, 1.807) is 12.1 Å². The number of nitrogens with zero attached hydrogens (tertiary/aromatic N) is 1. The Kier molecular flexibility index (Phi) is 4.28. The Balaban J connectivity index is 1.33. The summed E-state index contributed by atoms with van der Waals surface area (Å²) in [6, 6.07) is 9.51. The molecular weight excluding hydrogens is 426 g/mol. The lowest BCUT2D eigenvalue weighted by Gasteiger charge is -2.65. The third-order valence-corrected chi connectivity index (χ3v) is 11.8. The smallest absolute Gasteiger partial charge is 0.338 e. The van der Waals surface area contributed by atoms with Gasteiger partial charge in [-0.25, -0.2) is 4.79 Å². The number of benzene rings is 1. The third-order valence-electron chi connectivity index (χ3n) is 11.8. The summed E-state index contributed by atoms with van der Waals surface area (Å²) in [7, 11) is 0. The molecule has 2 N–H and O–H groups in total. The lowest BCUT2D eigenvalue weighted by atomic mass is 9.43. The van der Waals surface area contributed by atoms with Gasteiger partial charge in [0.05, 0.1) is 17.8 Å². The van der Waals surface area contributed by atoms with Crippen LogP contribution in [0.3, 0.4) is 0 Å². The molecule has 5 heteroatoms. The van der Waals surface area contributed by atoms with Gasteiger partial charge in [0.1, 0.15) is 6.10 Å². The van der Waals surface area contributed by atoms with Gasteiger partial charge in [-0.15, -0.1) is 0 Å². The van der Waals surface area contributed by atoms with Gasteiger partial charge in [-0.2, -0.15) is 0 Å². The van der Waals surface area contributed by atoms with E-state index in [9.17, 15) is 15.0 Å². The Morgan fingerprint density at radius 2 is 1.97 bits per heavy atom. The molecule has 0 aromatic heterocycles. The molecule has 11 atom stereocenters. The van der Waals surface area contributed by atoms with Crippen LogP contribution in [0.4, 0.5) is 0 Å². The second-order valence-corrected chi connectivity index (χ2v) is 12.6. The molecule has 0 radical (unpaired) electrons. The first kappa shape index (κ1) is 21.6. The van der Waals surface area contributed by atoms with Crippen LogP contribution >= 0.6 is 0 Å². The van der Waals surface area contributed by atoms with Gasteiger partial charge in [0, 0.05) is 29.3 Å². The standard InChI is InChI=1S/C29H37NO4/c1-4-30-15-27(3)11-10-23(31)29-21(27)12-19(24(29)30)28-14-18(16(2)25(28)32)20(13-22(28)29)34-26(33)17-8-6-5-7-9-17/h5-9,18-25,31-32H,2,4,10-15H2,1,3H3/t18-,19+,20+,21-,22-,23+,24?,25-,27+,28+,29+/m1/s1. The minimum atomic E-state index is -0.576. The number of piperidine rings is 1. The fourth-order valence-electron chi connectivity index (χ4n) is 10.9. The summed E-state index contributed by atoms with van der Waals surface area (Å²) in [4.78, 5) is 15.7. The molecule has 1 aliphatic heterocycles. The summed E-state index contributed by atoms with van der Waals surface area (Å²) < 4.78 is 6.20. The first-order valence-electron chi connectivity index (χ1n) is 13.3. The number of carbonyl (C=O) groups is 1. The average molecular weight is 464 g/mol. The van der Waals surface area contributed by atoms with Crippen LogP contribution in [0.2, 0.25) is 0 Å². The molecule has 0 amide bonds. The van der Waals surface area contributed by atoms with E-state index in [4.69, 9.17) is 4.74 Å². The van der Waals surface area contributed by atoms with Gasteiger partial charge in [0.25, 0.3) is 0 Å². The van der Waals surface area contributed by atoms with Crippen molar-refractivity contribution in [3.63, 3.8) is 0 Å². The molecule has 7 bridgehead atoms. The minimum absolute atomic E-state index is 0.00305. The van der Waals surface area contributed by atoms with Crippen LogP contribution in [0, 0.1) is 39.9 Å². The van der Waals surface area contributed by atoms with Crippen molar-refractivity contribution in [3.05, 3.63) is 48.0 Å². The molecule has 5 aliphatic carbocycles. The monoisotopic (exact) mass is 463 g/mol. The van der Waals surface area contributed by atoms with Crippen LogP contribution in [0.1, 0.15) is 56.3 Å². The van der Waals surface area contributed by atoms with Gasteiger partial charge in [-0.1, -0.05) is 38.6 Å². The molecule has 182 valence electrons. The largest absolute Gasteiger partial charge is 0.458 e. The maximum absolute atomic E-state index is 13.1. The van der Waals surface area contributed by atoms with Crippen LogP contribution < -0.4 is 0 Å². The lowest BCUT2D eigenvalue weighted by Crippen LogP contribution is -2.68. The molecule has 5 saturated carbocycles. The van der Waals surface area contributed by atoms with Crippen molar-refractivity contribution < 1.29 is 19.7 Å². The van der Waals surface area contributed by atoms with Gasteiger partial charge in [-0.3, -0.25) is 4.90 Å². The lowest BCUT2D eigenvalue weighted by molar-refractivity contribution is -0.218. The molecule has 6 aliphatic rings. The number of carbonyl (C=O) groups excluding carboxylic acids is 1. The van der Waals surface area contributed by atoms with E-state index < -0.39 is 6.10 Å². The maximum atomic E-state index is 13.1. The van der Waals surface area contributed by atoms with Crippen molar-refractivity contribution in [2.24, 2.45) is 39.9 Å². The molecule has 1 unspecified atom stereocenters. The summed E-state index contributed by atoms with van der Waals surface area (Å²) in [6.07, 6.45) is 3.36. The topological polar surface area (TPSA) is 70.0 Å². The molecule has 34 heavy (non-hydrogen) atoms. The molecule has 5 nitrogen and oxygen atoms in total. The predicted molar refractivity (Wildman–Crippen MR) is 128 cm³/mol. The number of fused-ring (bicyclic) bond motifs is 1. The van der Waals surface area contributed by atoms with E-state index in [1.165, 1.54) is 0 Å². The van der Waals surface area contributed by atoms with Crippen LogP contribution in [0.5, 0.6) is 0 Å². The van der Waals surface area contributed by atoms with Crippen LogP contribution in [-0.4, -0.2) is 58.5 Å². The number of rotatable bonds is 3. The molecule has 1 aromatic rings. The van der Waals surface area contributed by atoms with Gasteiger partial charge < -0.3 is 14.9 Å². The van der Waals surface area contributed by atoms with Crippen molar-refractivity contribution in [3.8, 4) is 0 Å². The number of aliphatic hydroxyl groups excluding tert-OH is 2. The summed E-state index contributed by atoms with van der Waals surface area (Å²) in [5.74, 6) is 0.700. The van der Waals surface area contributed by atoms with Gasteiger partial charge in [-0.05, 0) is 79.5 Å². The Hall–Kier alpha value is -1.69. The molecule has 1 saturated heterocycles. The number of aliphatic hydroxyl groups is 2.